The van der Waals surface area contributed by atoms with Gasteiger partial charge in [-0.2, -0.15) is 20.1 Å². The van der Waals surface area contributed by atoms with E-state index in [2.05, 4.69) is 35.7 Å². The Kier molecular flexibility index (Phi) is 8.87. The van der Waals surface area contributed by atoms with Gasteiger partial charge in [0, 0.05) is 24.3 Å². The fraction of sp³-hybridized carbons (Fsp3) is 0.241. The summed E-state index contributed by atoms with van der Waals surface area (Å²) in [6, 6.07) is 19.5. The summed E-state index contributed by atoms with van der Waals surface area (Å²) in [6.45, 7) is 1.76. The van der Waals surface area contributed by atoms with E-state index >= 15 is 0 Å². The van der Waals surface area contributed by atoms with E-state index in [1.807, 2.05) is 30.3 Å². The molecule has 1 aliphatic rings. The second kappa shape index (κ2) is 13.1. The van der Waals surface area contributed by atoms with Crippen molar-refractivity contribution in [1.29, 1.82) is 0 Å². The van der Waals surface area contributed by atoms with E-state index < -0.39 is 5.82 Å². The van der Waals surface area contributed by atoms with E-state index in [9.17, 15) is 4.39 Å². The van der Waals surface area contributed by atoms with Crippen molar-refractivity contribution in [3.05, 3.63) is 88.7 Å². The zero-order valence-electron chi connectivity index (χ0n) is 22.0. The first-order valence-corrected chi connectivity index (χ1v) is 13.3. The van der Waals surface area contributed by atoms with Crippen molar-refractivity contribution in [3.63, 3.8) is 0 Å². The Morgan fingerprint density at radius 1 is 0.950 bits per heavy atom. The molecule has 3 aromatic carbocycles. The van der Waals surface area contributed by atoms with Gasteiger partial charge in [-0.25, -0.2) is 9.82 Å². The molecular weight excluding hydrogens is 533 g/mol. The van der Waals surface area contributed by atoms with Crippen molar-refractivity contribution >= 4 is 41.3 Å². The molecule has 2 N–H and O–H groups in total. The molecule has 1 aliphatic heterocycles. The van der Waals surface area contributed by atoms with Crippen molar-refractivity contribution in [2.24, 2.45) is 5.10 Å². The maximum Gasteiger partial charge on any atom is 0.250 e. The number of hydrogen-bond acceptors (Lipinski definition) is 9. The van der Waals surface area contributed by atoms with E-state index in [1.54, 1.807) is 36.5 Å². The number of halogens is 2. The average molecular weight is 562 g/mol. The van der Waals surface area contributed by atoms with Gasteiger partial charge in [-0.1, -0.05) is 35.9 Å². The summed E-state index contributed by atoms with van der Waals surface area (Å²) >= 11 is 6.11. The molecule has 0 unspecified atom stereocenters. The predicted molar refractivity (Wildman–Crippen MR) is 156 cm³/mol. The van der Waals surface area contributed by atoms with Gasteiger partial charge in [-0.05, 0) is 67.3 Å². The van der Waals surface area contributed by atoms with Crippen LogP contribution in [0.25, 0.3) is 0 Å². The van der Waals surface area contributed by atoms with E-state index in [1.165, 1.54) is 19.6 Å². The Morgan fingerprint density at radius 3 is 2.52 bits per heavy atom. The number of anilines is 4. The molecular formula is C29H29ClFN7O2. The Bertz CT molecular complexity index is 1450. The molecule has 0 radical (unpaired) electrons. The van der Waals surface area contributed by atoms with Gasteiger partial charge < -0.3 is 19.7 Å². The highest BCUT2D eigenvalue weighted by Gasteiger charge is 2.16. The summed E-state index contributed by atoms with van der Waals surface area (Å²) in [6.07, 6.45) is 5.02. The van der Waals surface area contributed by atoms with Crippen molar-refractivity contribution in [1.82, 2.24) is 15.0 Å². The third-order valence-corrected chi connectivity index (χ3v) is 6.65. The van der Waals surface area contributed by atoms with Crippen LogP contribution >= 0.6 is 11.6 Å². The quantitative estimate of drug-likeness (QED) is 0.169. The van der Waals surface area contributed by atoms with Crippen molar-refractivity contribution in [2.45, 2.75) is 25.9 Å². The fourth-order valence-corrected chi connectivity index (χ4v) is 4.44. The SMILES string of the molecule is COc1cc(/C=N/Nc2nc(Nc3ccccc3)nc(N3CCCCC3)n2)ccc1OCc1c(F)cccc1Cl. The third kappa shape index (κ3) is 6.95. The van der Waals surface area contributed by atoms with Crippen LogP contribution in [0.3, 0.4) is 0 Å². The minimum Gasteiger partial charge on any atom is -0.493 e. The molecule has 206 valence electrons. The number of benzene rings is 3. The Balaban J connectivity index is 1.30. The Hall–Kier alpha value is -4.44. The number of nitrogens with zero attached hydrogens (tertiary/aromatic N) is 5. The summed E-state index contributed by atoms with van der Waals surface area (Å²) in [5.41, 5.74) is 4.82. The number of hydrogen-bond donors (Lipinski definition) is 2. The highest BCUT2D eigenvalue weighted by molar-refractivity contribution is 6.31. The summed E-state index contributed by atoms with van der Waals surface area (Å²) in [7, 11) is 1.53. The van der Waals surface area contributed by atoms with Crippen LogP contribution in [0, 0.1) is 5.82 Å². The predicted octanol–water partition coefficient (Wildman–Crippen LogP) is 6.43. The molecule has 1 fully saturated rings. The number of nitrogens with one attached hydrogen (secondary N) is 2. The maximum absolute atomic E-state index is 14.1. The number of piperidine rings is 1. The molecule has 0 bridgehead atoms. The zero-order chi connectivity index (χ0) is 27.7. The topological polar surface area (TPSA) is 96.8 Å². The summed E-state index contributed by atoms with van der Waals surface area (Å²) in [4.78, 5) is 15.9. The Morgan fingerprint density at radius 2 is 1.75 bits per heavy atom. The molecule has 0 amide bonds. The first-order chi connectivity index (χ1) is 19.6. The van der Waals surface area contributed by atoms with Gasteiger partial charge in [0.15, 0.2) is 11.5 Å². The lowest BCUT2D eigenvalue weighted by Gasteiger charge is -2.26. The highest BCUT2D eigenvalue weighted by Crippen LogP contribution is 2.30. The van der Waals surface area contributed by atoms with Gasteiger partial charge >= 0.3 is 0 Å². The minimum absolute atomic E-state index is 0.0328. The van der Waals surface area contributed by atoms with Gasteiger partial charge in [-0.3, -0.25) is 0 Å². The number of methoxy groups -OCH3 is 1. The summed E-state index contributed by atoms with van der Waals surface area (Å²) in [5, 5.41) is 7.87. The number of para-hydroxylation sites is 1. The average Bonchev–Trinajstić information content (AvgIpc) is 2.98. The zero-order valence-corrected chi connectivity index (χ0v) is 22.7. The molecule has 1 aromatic heterocycles. The molecule has 0 atom stereocenters. The molecule has 5 rings (SSSR count). The van der Waals surface area contributed by atoms with Crippen LogP contribution in [0.4, 0.5) is 27.9 Å². The van der Waals surface area contributed by atoms with Gasteiger partial charge in [-0.15, -0.1) is 0 Å². The first kappa shape index (κ1) is 27.1. The van der Waals surface area contributed by atoms with E-state index in [0.29, 0.717) is 34.4 Å². The number of rotatable bonds is 10. The molecule has 11 heteroatoms. The van der Waals surface area contributed by atoms with Gasteiger partial charge in [0.25, 0.3) is 0 Å². The standard InChI is InChI=1S/C29H29ClFN7O2/c1-39-26-17-20(13-14-25(26)40-19-22-23(30)11-8-12-24(22)31)18-32-37-28-34-27(33-21-9-4-2-5-10-21)35-29(36-28)38-15-6-3-7-16-38/h2,4-5,8-14,17-18H,3,6-7,15-16,19H2,1H3,(H2,33,34,35,36,37)/b32-18+. The van der Waals surface area contributed by atoms with E-state index in [4.69, 9.17) is 21.1 Å². The lowest BCUT2D eigenvalue weighted by molar-refractivity contribution is 0.280. The third-order valence-electron chi connectivity index (χ3n) is 6.29. The molecule has 0 spiro atoms. The van der Waals surface area contributed by atoms with Gasteiger partial charge in [0.05, 0.1) is 18.3 Å². The lowest BCUT2D eigenvalue weighted by atomic mass is 10.1. The van der Waals surface area contributed by atoms with Crippen LogP contribution in [0.5, 0.6) is 11.5 Å². The van der Waals surface area contributed by atoms with Crippen molar-refractivity contribution in [3.8, 4) is 11.5 Å². The first-order valence-electron chi connectivity index (χ1n) is 12.9. The van der Waals surface area contributed by atoms with Gasteiger partial charge in [0.1, 0.15) is 12.4 Å². The summed E-state index contributed by atoms with van der Waals surface area (Å²) < 4.78 is 25.4. The lowest BCUT2D eigenvalue weighted by Crippen LogP contribution is -2.31. The summed E-state index contributed by atoms with van der Waals surface area (Å²) in [5.74, 6) is 1.84. The van der Waals surface area contributed by atoms with E-state index in [0.717, 1.165) is 37.2 Å². The molecule has 0 aliphatic carbocycles. The molecule has 40 heavy (non-hydrogen) atoms. The Labute approximate surface area is 237 Å². The molecule has 0 saturated carbocycles. The number of ether oxygens (including phenoxy) is 2. The number of hydrazone groups is 1. The minimum atomic E-state index is -0.426. The second-order valence-corrected chi connectivity index (χ2v) is 9.50. The fourth-order valence-electron chi connectivity index (χ4n) is 4.22. The largest absolute Gasteiger partial charge is 0.493 e. The van der Waals surface area contributed by atoms with Crippen LogP contribution < -0.4 is 25.1 Å². The molecule has 9 nitrogen and oxygen atoms in total. The number of aromatic nitrogens is 3. The van der Waals surface area contributed by atoms with E-state index in [-0.39, 0.29) is 12.2 Å². The normalized spacial score (nSPS) is 13.3. The highest BCUT2D eigenvalue weighted by atomic mass is 35.5. The van der Waals surface area contributed by atoms with Crippen LogP contribution in [0.15, 0.2) is 71.8 Å². The van der Waals surface area contributed by atoms with Crippen LogP contribution in [0.1, 0.15) is 30.4 Å². The molecule has 2 heterocycles. The smallest absolute Gasteiger partial charge is 0.250 e. The van der Waals surface area contributed by atoms with Crippen molar-refractivity contribution < 1.29 is 13.9 Å². The molecule has 4 aromatic rings. The second-order valence-electron chi connectivity index (χ2n) is 9.09. The van der Waals surface area contributed by atoms with Crippen LogP contribution in [0.2, 0.25) is 5.02 Å². The van der Waals surface area contributed by atoms with Crippen molar-refractivity contribution in [2.75, 3.05) is 35.8 Å². The monoisotopic (exact) mass is 561 g/mol. The van der Waals surface area contributed by atoms with Gasteiger partial charge in [0.2, 0.25) is 17.8 Å². The van der Waals surface area contributed by atoms with Crippen LogP contribution in [-0.2, 0) is 6.61 Å². The molecule has 1 saturated heterocycles. The van der Waals surface area contributed by atoms with Crippen LogP contribution in [-0.4, -0.2) is 41.4 Å². The maximum atomic E-state index is 14.1.